The molecule has 2 aromatic carbocycles. The topological polar surface area (TPSA) is 92.8 Å². The Balaban J connectivity index is 1.49. The molecule has 8 heteroatoms. The molecule has 0 radical (unpaired) electrons. The van der Waals surface area contributed by atoms with Gasteiger partial charge in [-0.1, -0.05) is 60.2 Å². The van der Waals surface area contributed by atoms with E-state index in [0.717, 1.165) is 16.0 Å². The Morgan fingerprint density at radius 3 is 2.35 bits per heavy atom. The molecule has 0 saturated carbocycles. The van der Waals surface area contributed by atoms with Gasteiger partial charge in [-0.3, -0.25) is 19.3 Å². The molecular weight excluding hydrogens is 456 g/mol. The molecule has 0 unspecified atom stereocenters. The molecule has 0 bridgehead atoms. The van der Waals surface area contributed by atoms with Crippen LogP contribution in [-0.4, -0.2) is 41.2 Å². The number of carbonyl (C=O) groups is 4. The van der Waals surface area contributed by atoms with Crippen LogP contribution in [-0.2, 0) is 30.3 Å². The van der Waals surface area contributed by atoms with E-state index in [0.29, 0.717) is 23.6 Å². The first-order valence-electron chi connectivity index (χ1n) is 11.1. The molecule has 4 rings (SSSR count). The summed E-state index contributed by atoms with van der Waals surface area (Å²) in [6, 6.07) is 13.0. The standard InChI is InChI=1S/C26H25ClN2O5/c1-16-11-12-18(27)14-21(16)28-23(30)15-34-26(33)22(13-17-7-3-2-4-8-17)29-24(31)19-9-5-6-10-20(19)25(29)32/h2-8,11-12,14,19-20,22H,9-10,13,15H2,1H3,(H,28,30)/t19-,20+,22-/m0/s1. The van der Waals surface area contributed by atoms with Gasteiger partial charge in [0, 0.05) is 17.1 Å². The molecule has 1 saturated heterocycles. The predicted octanol–water partition coefficient (Wildman–Crippen LogP) is 3.69. The van der Waals surface area contributed by atoms with E-state index in [1.165, 1.54) is 0 Å². The number of hydrogen-bond acceptors (Lipinski definition) is 5. The summed E-state index contributed by atoms with van der Waals surface area (Å²) in [5.74, 6) is -2.99. The van der Waals surface area contributed by atoms with E-state index < -0.39 is 36.4 Å². The van der Waals surface area contributed by atoms with Gasteiger partial charge < -0.3 is 10.1 Å². The maximum absolute atomic E-state index is 13.1. The van der Waals surface area contributed by atoms with Gasteiger partial charge >= 0.3 is 5.97 Å². The highest BCUT2D eigenvalue weighted by atomic mass is 35.5. The number of amides is 3. The third-order valence-electron chi connectivity index (χ3n) is 6.22. The number of nitrogens with zero attached hydrogens (tertiary/aromatic N) is 1. The Morgan fingerprint density at radius 1 is 1.06 bits per heavy atom. The molecule has 1 heterocycles. The third kappa shape index (κ3) is 5.04. The van der Waals surface area contributed by atoms with Crippen molar-refractivity contribution >= 4 is 41.0 Å². The van der Waals surface area contributed by atoms with Crippen LogP contribution in [0.3, 0.4) is 0 Å². The van der Waals surface area contributed by atoms with E-state index in [1.54, 1.807) is 18.2 Å². The van der Waals surface area contributed by atoms with Gasteiger partial charge in [0.15, 0.2) is 6.61 Å². The Labute approximate surface area is 202 Å². The predicted molar refractivity (Wildman–Crippen MR) is 127 cm³/mol. The lowest BCUT2D eigenvalue weighted by molar-refractivity contribution is -0.159. The van der Waals surface area contributed by atoms with Gasteiger partial charge in [-0.2, -0.15) is 0 Å². The fraction of sp³-hybridized carbons (Fsp3) is 0.308. The Morgan fingerprint density at radius 2 is 1.71 bits per heavy atom. The number of rotatable bonds is 7. The maximum atomic E-state index is 13.1. The molecule has 7 nitrogen and oxygen atoms in total. The van der Waals surface area contributed by atoms with Crippen LogP contribution in [0.15, 0.2) is 60.7 Å². The lowest BCUT2D eigenvalue weighted by atomic mass is 9.85. The van der Waals surface area contributed by atoms with Crippen LogP contribution in [0.5, 0.6) is 0 Å². The van der Waals surface area contributed by atoms with Gasteiger partial charge in [0.05, 0.1) is 11.8 Å². The highest BCUT2D eigenvalue weighted by Gasteiger charge is 2.51. The summed E-state index contributed by atoms with van der Waals surface area (Å²) in [6.07, 6.45) is 4.84. The van der Waals surface area contributed by atoms with E-state index in [4.69, 9.17) is 16.3 Å². The number of anilines is 1. The average Bonchev–Trinajstić information content (AvgIpc) is 3.09. The number of likely N-dealkylation sites (tertiary alicyclic amines) is 1. The Hall–Kier alpha value is -3.45. The SMILES string of the molecule is Cc1ccc(Cl)cc1NC(=O)COC(=O)[C@H](Cc1ccccc1)N1C(=O)[C@H]2CC=CC[C@H]2C1=O. The first kappa shape index (κ1) is 23.7. The van der Waals surface area contributed by atoms with Crippen molar-refractivity contribution in [1.29, 1.82) is 0 Å². The van der Waals surface area contributed by atoms with Crippen molar-refractivity contribution < 1.29 is 23.9 Å². The van der Waals surface area contributed by atoms with Crippen LogP contribution in [0.4, 0.5) is 5.69 Å². The number of benzene rings is 2. The third-order valence-corrected chi connectivity index (χ3v) is 6.45. The van der Waals surface area contributed by atoms with Gasteiger partial charge in [-0.05, 0) is 43.0 Å². The zero-order valence-electron chi connectivity index (χ0n) is 18.7. The quantitative estimate of drug-likeness (QED) is 0.370. The van der Waals surface area contributed by atoms with Gasteiger partial charge in [0.2, 0.25) is 11.8 Å². The van der Waals surface area contributed by atoms with E-state index in [2.05, 4.69) is 5.32 Å². The summed E-state index contributed by atoms with van der Waals surface area (Å²) in [6.45, 7) is 1.26. The minimum Gasteiger partial charge on any atom is -0.454 e. The number of imide groups is 1. The zero-order valence-corrected chi connectivity index (χ0v) is 19.5. The summed E-state index contributed by atoms with van der Waals surface area (Å²) in [4.78, 5) is 52.8. The molecule has 2 aliphatic rings. The molecule has 3 atom stereocenters. The summed E-state index contributed by atoms with van der Waals surface area (Å²) < 4.78 is 5.30. The van der Waals surface area contributed by atoms with Gasteiger partial charge in [-0.25, -0.2) is 4.79 Å². The maximum Gasteiger partial charge on any atom is 0.330 e. The van der Waals surface area contributed by atoms with Gasteiger partial charge in [-0.15, -0.1) is 0 Å². The second kappa shape index (κ2) is 10.2. The van der Waals surface area contributed by atoms with Gasteiger partial charge in [0.1, 0.15) is 6.04 Å². The number of aryl methyl sites for hydroxylation is 1. The fourth-order valence-electron chi connectivity index (χ4n) is 4.40. The largest absolute Gasteiger partial charge is 0.454 e. The summed E-state index contributed by atoms with van der Waals surface area (Å²) in [5.41, 5.74) is 2.09. The summed E-state index contributed by atoms with van der Waals surface area (Å²) >= 11 is 5.99. The van der Waals surface area contributed by atoms with E-state index in [1.807, 2.05) is 49.4 Å². The van der Waals surface area contributed by atoms with E-state index in [-0.39, 0.29) is 18.2 Å². The molecule has 2 aromatic rings. The number of carbonyl (C=O) groups excluding carboxylic acids is 4. The smallest absolute Gasteiger partial charge is 0.330 e. The van der Waals surface area contributed by atoms with Crippen molar-refractivity contribution in [3.8, 4) is 0 Å². The number of hydrogen-bond donors (Lipinski definition) is 1. The van der Waals surface area contributed by atoms with E-state index in [9.17, 15) is 19.2 Å². The molecule has 0 aromatic heterocycles. The molecule has 34 heavy (non-hydrogen) atoms. The first-order valence-corrected chi connectivity index (χ1v) is 11.5. The monoisotopic (exact) mass is 480 g/mol. The number of esters is 1. The minimum absolute atomic E-state index is 0.110. The van der Waals surface area contributed by atoms with Crippen molar-refractivity contribution in [2.45, 2.75) is 32.2 Å². The number of allylic oxidation sites excluding steroid dienone is 2. The first-order chi connectivity index (χ1) is 16.3. The number of ether oxygens (including phenoxy) is 1. The Kier molecular flexibility index (Phi) is 7.12. The number of fused-ring (bicyclic) bond motifs is 1. The van der Waals surface area contributed by atoms with Crippen LogP contribution in [0.1, 0.15) is 24.0 Å². The molecule has 176 valence electrons. The van der Waals surface area contributed by atoms with Crippen molar-refractivity contribution in [1.82, 2.24) is 4.90 Å². The lowest BCUT2D eigenvalue weighted by Gasteiger charge is -2.25. The highest BCUT2D eigenvalue weighted by molar-refractivity contribution is 6.31. The number of nitrogens with one attached hydrogen (secondary N) is 1. The van der Waals surface area contributed by atoms with Crippen LogP contribution < -0.4 is 5.32 Å². The van der Waals surface area contributed by atoms with Crippen molar-refractivity contribution in [3.63, 3.8) is 0 Å². The molecule has 3 amide bonds. The summed E-state index contributed by atoms with van der Waals surface area (Å²) in [7, 11) is 0. The second-order valence-electron chi connectivity index (χ2n) is 8.52. The zero-order chi connectivity index (χ0) is 24.2. The number of halogens is 1. The van der Waals surface area contributed by atoms with Crippen LogP contribution >= 0.6 is 11.6 Å². The molecule has 1 aliphatic heterocycles. The lowest BCUT2D eigenvalue weighted by Crippen LogP contribution is -2.48. The fourth-order valence-corrected chi connectivity index (χ4v) is 4.57. The second-order valence-corrected chi connectivity index (χ2v) is 8.96. The summed E-state index contributed by atoms with van der Waals surface area (Å²) in [5, 5.41) is 3.13. The van der Waals surface area contributed by atoms with Crippen LogP contribution in [0, 0.1) is 18.8 Å². The molecule has 1 N–H and O–H groups in total. The normalized spacial score (nSPS) is 20.1. The van der Waals surface area contributed by atoms with Crippen molar-refractivity contribution in [3.05, 3.63) is 76.8 Å². The van der Waals surface area contributed by atoms with Crippen molar-refractivity contribution in [2.24, 2.45) is 11.8 Å². The van der Waals surface area contributed by atoms with Crippen LogP contribution in [0.2, 0.25) is 5.02 Å². The van der Waals surface area contributed by atoms with Crippen molar-refractivity contribution in [2.75, 3.05) is 11.9 Å². The van der Waals surface area contributed by atoms with Gasteiger partial charge in [0.25, 0.3) is 5.91 Å². The highest BCUT2D eigenvalue weighted by Crippen LogP contribution is 2.36. The molecule has 0 spiro atoms. The van der Waals surface area contributed by atoms with E-state index >= 15 is 0 Å². The van der Waals surface area contributed by atoms with Crippen LogP contribution in [0.25, 0.3) is 0 Å². The Bertz CT molecular complexity index is 1120. The molecule has 1 fully saturated rings. The molecule has 1 aliphatic carbocycles. The average molecular weight is 481 g/mol. The minimum atomic E-state index is -1.14. The molecular formula is C26H25ClN2O5.